The molecule has 0 unspecified atom stereocenters. The van der Waals surface area contributed by atoms with Crippen molar-refractivity contribution >= 4 is 35.9 Å². The lowest BCUT2D eigenvalue weighted by Gasteiger charge is -2.11. The third-order valence-electron chi connectivity index (χ3n) is 3.45. The molecule has 0 aliphatic carbocycles. The van der Waals surface area contributed by atoms with E-state index >= 15 is 0 Å². The van der Waals surface area contributed by atoms with Gasteiger partial charge in [-0.1, -0.05) is 18.9 Å². The van der Waals surface area contributed by atoms with Crippen molar-refractivity contribution in [2.24, 2.45) is 4.99 Å². The summed E-state index contributed by atoms with van der Waals surface area (Å²) in [5, 5.41) is 6.57. The quantitative estimate of drug-likeness (QED) is 0.189. The summed E-state index contributed by atoms with van der Waals surface area (Å²) in [6.45, 7) is 1.68. The van der Waals surface area contributed by atoms with E-state index in [4.69, 9.17) is 0 Å². The topological polar surface area (TPSA) is 75.6 Å². The van der Waals surface area contributed by atoms with Gasteiger partial charge in [0.25, 0.3) is 0 Å². The molecule has 0 atom stereocenters. The Hall–Kier alpha value is -1.38. The molecule has 136 valence electrons. The first-order valence-corrected chi connectivity index (χ1v) is 8.17. The summed E-state index contributed by atoms with van der Waals surface area (Å²) in [6, 6.07) is 5.93. The summed E-state index contributed by atoms with van der Waals surface area (Å²) in [6.07, 6.45) is 7.28. The van der Waals surface area contributed by atoms with Crippen LogP contribution >= 0.6 is 24.0 Å². The summed E-state index contributed by atoms with van der Waals surface area (Å²) < 4.78 is 4.61. The molecule has 0 aromatic carbocycles. The summed E-state index contributed by atoms with van der Waals surface area (Å²) in [5.74, 6) is 0.691. The molecule has 1 aromatic rings. The molecule has 1 rings (SSSR count). The Balaban J connectivity index is 0.00000529. The first-order valence-electron chi connectivity index (χ1n) is 8.17. The minimum atomic E-state index is -0.124. The molecule has 0 amide bonds. The summed E-state index contributed by atoms with van der Waals surface area (Å²) >= 11 is 0. The third kappa shape index (κ3) is 11.2. The van der Waals surface area contributed by atoms with Crippen LogP contribution in [0.3, 0.4) is 0 Å². The minimum absolute atomic E-state index is 0. The maximum absolute atomic E-state index is 11.0. The third-order valence-corrected chi connectivity index (χ3v) is 3.45. The predicted octanol–water partition coefficient (Wildman–Crippen LogP) is 2.53. The van der Waals surface area contributed by atoms with Crippen molar-refractivity contribution in [3.63, 3.8) is 0 Å². The van der Waals surface area contributed by atoms with Gasteiger partial charge in [0.1, 0.15) is 0 Å². The smallest absolute Gasteiger partial charge is 0.305 e. The number of ether oxygens (including phenoxy) is 1. The summed E-state index contributed by atoms with van der Waals surface area (Å²) in [7, 11) is 3.20. The molecule has 0 aliphatic heterocycles. The van der Waals surface area contributed by atoms with E-state index in [1.165, 1.54) is 7.11 Å². The summed E-state index contributed by atoms with van der Waals surface area (Å²) in [5.41, 5.74) is 1.07. The van der Waals surface area contributed by atoms with Gasteiger partial charge in [-0.2, -0.15) is 0 Å². The van der Waals surface area contributed by atoms with E-state index in [9.17, 15) is 4.79 Å². The van der Waals surface area contributed by atoms with Gasteiger partial charge in [-0.25, -0.2) is 0 Å². The molecule has 24 heavy (non-hydrogen) atoms. The van der Waals surface area contributed by atoms with Crippen molar-refractivity contribution in [3.8, 4) is 0 Å². The van der Waals surface area contributed by atoms with Crippen LogP contribution in [-0.4, -0.2) is 44.2 Å². The van der Waals surface area contributed by atoms with Crippen LogP contribution in [0.2, 0.25) is 0 Å². The molecule has 2 N–H and O–H groups in total. The van der Waals surface area contributed by atoms with E-state index in [-0.39, 0.29) is 29.9 Å². The van der Waals surface area contributed by atoms with Gasteiger partial charge in [0.05, 0.1) is 7.11 Å². The van der Waals surface area contributed by atoms with Gasteiger partial charge in [0.2, 0.25) is 0 Å². The SMILES string of the molecule is CN=C(NCCCCCCC(=O)OC)NCCc1ccccn1.I. The second-order valence-electron chi connectivity index (χ2n) is 5.24. The Morgan fingerprint density at radius 1 is 1.17 bits per heavy atom. The number of nitrogens with zero attached hydrogens (tertiary/aromatic N) is 2. The number of methoxy groups -OCH3 is 1. The number of aliphatic imine (C=N–C) groups is 1. The predicted molar refractivity (Wildman–Crippen MR) is 108 cm³/mol. The van der Waals surface area contributed by atoms with Gasteiger partial charge in [-0.05, 0) is 25.0 Å². The molecule has 0 spiro atoms. The van der Waals surface area contributed by atoms with Crippen LogP contribution in [0.1, 0.15) is 37.8 Å². The zero-order valence-corrected chi connectivity index (χ0v) is 16.9. The Labute approximate surface area is 161 Å². The van der Waals surface area contributed by atoms with Crippen molar-refractivity contribution in [2.45, 2.75) is 38.5 Å². The van der Waals surface area contributed by atoms with Crippen LogP contribution in [0.25, 0.3) is 0 Å². The van der Waals surface area contributed by atoms with Crippen LogP contribution < -0.4 is 10.6 Å². The van der Waals surface area contributed by atoms with E-state index in [2.05, 4.69) is 25.3 Å². The van der Waals surface area contributed by atoms with E-state index in [1.807, 2.05) is 24.4 Å². The molecule has 0 saturated heterocycles. The molecule has 0 aliphatic rings. The van der Waals surface area contributed by atoms with Crippen LogP contribution in [-0.2, 0) is 16.0 Å². The fourth-order valence-electron chi connectivity index (χ4n) is 2.13. The Morgan fingerprint density at radius 3 is 2.58 bits per heavy atom. The number of unbranched alkanes of at least 4 members (excludes halogenated alkanes) is 3. The molecule has 0 saturated carbocycles. The van der Waals surface area contributed by atoms with Crippen LogP contribution in [0.15, 0.2) is 29.4 Å². The molecule has 6 nitrogen and oxygen atoms in total. The highest BCUT2D eigenvalue weighted by Crippen LogP contribution is 2.03. The Morgan fingerprint density at radius 2 is 1.92 bits per heavy atom. The average molecular weight is 448 g/mol. The maximum atomic E-state index is 11.0. The maximum Gasteiger partial charge on any atom is 0.305 e. The fraction of sp³-hybridized carbons (Fsp3) is 0.588. The lowest BCUT2D eigenvalue weighted by atomic mass is 10.1. The fourth-order valence-corrected chi connectivity index (χ4v) is 2.13. The average Bonchev–Trinajstić information content (AvgIpc) is 2.59. The molecule has 1 heterocycles. The number of guanidine groups is 1. The molecule has 7 heteroatoms. The van der Waals surface area contributed by atoms with E-state index < -0.39 is 0 Å². The van der Waals surface area contributed by atoms with Crippen molar-refractivity contribution < 1.29 is 9.53 Å². The van der Waals surface area contributed by atoms with Crippen LogP contribution in [0.5, 0.6) is 0 Å². The number of carbonyl (C=O) groups excluding carboxylic acids is 1. The molecule has 1 aromatic heterocycles. The zero-order chi connectivity index (χ0) is 16.8. The molecule has 0 fully saturated rings. The molecule has 0 radical (unpaired) electrons. The highest BCUT2D eigenvalue weighted by atomic mass is 127. The van der Waals surface area contributed by atoms with Crippen LogP contribution in [0.4, 0.5) is 0 Å². The van der Waals surface area contributed by atoms with Gasteiger partial charge in [0, 0.05) is 44.9 Å². The first kappa shape index (κ1) is 22.6. The minimum Gasteiger partial charge on any atom is -0.469 e. The van der Waals surface area contributed by atoms with Gasteiger partial charge in [0.15, 0.2) is 5.96 Å². The standard InChI is InChI=1S/C17H28N4O2.HI/c1-18-17(21-14-11-15-9-6-8-12-19-15)20-13-7-4-3-5-10-16(22)23-2;/h6,8-9,12H,3-5,7,10-11,13-14H2,1-2H3,(H2,18,20,21);1H. The zero-order valence-electron chi connectivity index (χ0n) is 14.6. The summed E-state index contributed by atoms with van der Waals surface area (Å²) in [4.78, 5) is 19.5. The van der Waals surface area contributed by atoms with Gasteiger partial charge in [-0.3, -0.25) is 14.8 Å². The monoisotopic (exact) mass is 448 g/mol. The Kier molecular flexibility index (Phi) is 14.3. The number of nitrogens with one attached hydrogen (secondary N) is 2. The number of pyridine rings is 1. The lowest BCUT2D eigenvalue weighted by molar-refractivity contribution is -0.140. The Bertz CT molecular complexity index is 469. The number of rotatable bonds is 10. The second-order valence-corrected chi connectivity index (χ2v) is 5.24. The second kappa shape index (κ2) is 15.2. The first-order chi connectivity index (χ1) is 11.3. The molecular weight excluding hydrogens is 419 g/mol. The van der Waals surface area contributed by atoms with Gasteiger partial charge >= 0.3 is 5.97 Å². The largest absolute Gasteiger partial charge is 0.469 e. The number of hydrogen-bond acceptors (Lipinski definition) is 4. The number of carbonyl (C=O) groups is 1. The number of halogens is 1. The number of aromatic nitrogens is 1. The van der Waals surface area contributed by atoms with E-state index in [0.29, 0.717) is 6.42 Å². The van der Waals surface area contributed by atoms with Crippen LogP contribution in [0, 0.1) is 0 Å². The highest BCUT2D eigenvalue weighted by molar-refractivity contribution is 14.0. The van der Waals surface area contributed by atoms with Crippen molar-refractivity contribution in [1.29, 1.82) is 0 Å². The normalized spacial score (nSPS) is 10.7. The van der Waals surface area contributed by atoms with Crippen molar-refractivity contribution in [3.05, 3.63) is 30.1 Å². The molecule has 0 bridgehead atoms. The van der Waals surface area contributed by atoms with Gasteiger partial charge < -0.3 is 15.4 Å². The van der Waals surface area contributed by atoms with E-state index in [0.717, 1.165) is 56.8 Å². The molecular formula is C17H29IN4O2. The number of hydrogen-bond donors (Lipinski definition) is 2. The van der Waals surface area contributed by atoms with Gasteiger partial charge in [-0.15, -0.1) is 24.0 Å². The highest BCUT2D eigenvalue weighted by Gasteiger charge is 2.00. The van der Waals surface area contributed by atoms with Crippen molar-refractivity contribution in [1.82, 2.24) is 15.6 Å². The van der Waals surface area contributed by atoms with E-state index in [1.54, 1.807) is 7.05 Å². The number of esters is 1. The van der Waals surface area contributed by atoms with Crippen molar-refractivity contribution in [2.75, 3.05) is 27.2 Å². The lowest BCUT2D eigenvalue weighted by Crippen LogP contribution is -2.38.